The van der Waals surface area contributed by atoms with Gasteiger partial charge in [-0.2, -0.15) is 5.10 Å². The number of anilines is 1. The van der Waals surface area contributed by atoms with Crippen molar-refractivity contribution in [2.75, 3.05) is 5.32 Å². The van der Waals surface area contributed by atoms with E-state index in [1.165, 1.54) is 11.3 Å². The van der Waals surface area contributed by atoms with Crippen molar-refractivity contribution in [1.82, 2.24) is 9.78 Å². The summed E-state index contributed by atoms with van der Waals surface area (Å²) in [6, 6.07) is 17.6. The van der Waals surface area contributed by atoms with E-state index in [-0.39, 0.29) is 5.91 Å². The van der Waals surface area contributed by atoms with Crippen LogP contribution in [0.5, 0.6) is 5.75 Å². The second-order valence-electron chi connectivity index (χ2n) is 7.03. The highest BCUT2D eigenvalue weighted by molar-refractivity contribution is 9.10. The minimum atomic E-state index is -0.248. The number of thiophene rings is 1. The average Bonchev–Trinajstić information content (AvgIpc) is 3.35. The lowest BCUT2D eigenvalue weighted by Crippen LogP contribution is -2.11. The van der Waals surface area contributed by atoms with Gasteiger partial charge in [0.2, 0.25) is 0 Å². The number of hydrogen-bond donors (Lipinski definition) is 1. The number of benzene rings is 2. The van der Waals surface area contributed by atoms with Crippen molar-refractivity contribution < 1.29 is 9.53 Å². The molecule has 1 N–H and O–H groups in total. The van der Waals surface area contributed by atoms with Crippen LogP contribution in [0.3, 0.4) is 0 Å². The van der Waals surface area contributed by atoms with Crippen LogP contribution in [-0.4, -0.2) is 15.7 Å². The minimum Gasteiger partial charge on any atom is -0.489 e. The van der Waals surface area contributed by atoms with Gasteiger partial charge in [0.25, 0.3) is 5.91 Å². The quantitative estimate of drug-likeness (QED) is 0.303. The molecule has 2 aromatic heterocycles. The molecule has 0 saturated carbocycles. The lowest BCUT2D eigenvalue weighted by molar-refractivity contribution is 0.103. The fraction of sp³-hybridized carbons (Fsp3) is 0.130. The van der Waals surface area contributed by atoms with Crippen molar-refractivity contribution in [2.24, 2.45) is 0 Å². The van der Waals surface area contributed by atoms with Gasteiger partial charge in [-0.3, -0.25) is 9.48 Å². The Bertz CT molecular complexity index is 1200. The number of carbonyl (C=O) groups excluding carboxylic acids is 1. The van der Waals surface area contributed by atoms with Gasteiger partial charge in [0, 0.05) is 16.2 Å². The molecule has 31 heavy (non-hydrogen) atoms. The Morgan fingerprint density at radius 1 is 1.19 bits per heavy atom. The highest BCUT2D eigenvalue weighted by atomic mass is 79.9. The Hall–Kier alpha value is -2.61. The predicted octanol–water partition coefficient (Wildman–Crippen LogP) is 6.55. The fourth-order valence-corrected chi connectivity index (χ4v) is 4.20. The van der Waals surface area contributed by atoms with Crippen molar-refractivity contribution in [1.29, 1.82) is 0 Å². The number of nitrogens with zero attached hydrogens (tertiary/aromatic N) is 2. The summed E-state index contributed by atoms with van der Waals surface area (Å²) < 4.78 is 8.53. The van der Waals surface area contributed by atoms with E-state index in [4.69, 9.17) is 16.3 Å². The zero-order valence-electron chi connectivity index (χ0n) is 16.6. The molecule has 5 nitrogen and oxygen atoms in total. The van der Waals surface area contributed by atoms with Crippen molar-refractivity contribution in [3.05, 3.63) is 97.2 Å². The van der Waals surface area contributed by atoms with Gasteiger partial charge in [0.15, 0.2) is 5.82 Å². The van der Waals surface area contributed by atoms with Crippen LogP contribution in [0.2, 0.25) is 5.02 Å². The van der Waals surface area contributed by atoms with Crippen LogP contribution in [0.25, 0.3) is 0 Å². The highest BCUT2D eigenvalue weighted by Crippen LogP contribution is 2.23. The van der Waals surface area contributed by atoms with Gasteiger partial charge < -0.3 is 10.1 Å². The van der Waals surface area contributed by atoms with Crippen molar-refractivity contribution >= 4 is 50.6 Å². The predicted molar refractivity (Wildman–Crippen MR) is 128 cm³/mol. The van der Waals surface area contributed by atoms with Gasteiger partial charge in [-0.15, -0.1) is 11.3 Å². The molecule has 8 heteroatoms. The van der Waals surface area contributed by atoms with Crippen LogP contribution in [0.1, 0.15) is 26.4 Å². The molecule has 0 spiro atoms. The summed E-state index contributed by atoms with van der Waals surface area (Å²) in [6.07, 6.45) is 1.70. The first-order chi connectivity index (χ1) is 15.0. The van der Waals surface area contributed by atoms with E-state index < -0.39 is 0 Å². The monoisotopic (exact) mass is 515 g/mol. The molecular weight excluding hydrogens is 498 g/mol. The third-order valence-corrected chi connectivity index (χ3v) is 6.26. The van der Waals surface area contributed by atoms with Crippen molar-refractivity contribution in [3.63, 3.8) is 0 Å². The first-order valence-electron chi connectivity index (χ1n) is 9.52. The Balaban J connectivity index is 1.37. The standard InChI is InChI=1S/C23H19BrClN3O2S/c1-15-3-2-4-19(9-15)30-13-17-10-21(31-14-17)23(29)26-22-20(25)12-28(27-22)11-16-5-7-18(24)8-6-16/h2-10,12,14H,11,13H2,1H3,(H,26,27,29). The van der Waals surface area contributed by atoms with Crippen LogP contribution in [0.4, 0.5) is 5.82 Å². The number of halogens is 2. The lowest BCUT2D eigenvalue weighted by Gasteiger charge is -2.05. The van der Waals surface area contributed by atoms with Gasteiger partial charge in [-0.25, -0.2) is 0 Å². The Labute approximate surface area is 197 Å². The molecule has 0 unspecified atom stereocenters. The smallest absolute Gasteiger partial charge is 0.266 e. The van der Waals surface area contributed by atoms with E-state index in [1.54, 1.807) is 10.9 Å². The molecule has 4 aromatic rings. The number of carbonyl (C=O) groups is 1. The van der Waals surface area contributed by atoms with Crippen LogP contribution >= 0.6 is 38.9 Å². The summed E-state index contributed by atoms with van der Waals surface area (Å²) >= 11 is 11.1. The zero-order valence-corrected chi connectivity index (χ0v) is 19.8. The number of aryl methyl sites for hydroxylation is 1. The Morgan fingerprint density at radius 3 is 2.77 bits per heavy atom. The highest BCUT2D eigenvalue weighted by Gasteiger charge is 2.15. The third-order valence-electron chi connectivity index (χ3n) is 4.48. The maximum atomic E-state index is 12.6. The number of nitrogens with one attached hydrogen (secondary N) is 1. The molecule has 0 fully saturated rings. The molecule has 0 aliphatic rings. The van der Waals surface area contributed by atoms with E-state index in [1.807, 2.05) is 66.9 Å². The van der Waals surface area contributed by atoms with Gasteiger partial charge in [-0.1, -0.05) is 51.8 Å². The van der Waals surface area contributed by atoms with Gasteiger partial charge in [0.1, 0.15) is 17.4 Å². The molecule has 0 saturated heterocycles. The molecule has 0 bridgehead atoms. The maximum absolute atomic E-state index is 12.6. The first kappa shape index (κ1) is 21.6. The van der Waals surface area contributed by atoms with E-state index in [2.05, 4.69) is 26.3 Å². The number of aromatic nitrogens is 2. The first-order valence-corrected chi connectivity index (χ1v) is 11.6. The fourth-order valence-electron chi connectivity index (χ4n) is 2.95. The van der Waals surface area contributed by atoms with Crippen molar-refractivity contribution in [2.45, 2.75) is 20.1 Å². The summed E-state index contributed by atoms with van der Waals surface area (Å²) in [5.74, 6) is 0.901. The van der Waals surface area contributed by atoms with Gasteiger partial charge in [0.05, 0.1) is 11.4 Å². The molecule has 2 heterocycles. The SMILES string of the molecule is Cc1cccc(OCc2csc(C(=O)Nc3nn(Cc4ccc(Br)cc4)cc3Cl)c2)c1. The molecule has 0 atom stereocenters. The summed E-state index contributed by atoms with van der Waals surface area (Å²) in [7, 11) is 0. The van der Waals surface area contributed by atoms with Gasteiger partial charge in [-0.05, 0) is 53.8 Å². The van der Waals surface area contributed by atoms with Gasteiger partial charge >= 0.3 is 0 Å². The van der Waals surface area contributed by atoms with Crippen LogP contribution in [0, 0.1) is 6.92 Å². The van der Waals surface area contributed by atoms with Crippen LogP contribution in [0.15, 0.2) is 70.6 Å². The maximum Gasteiger partial charge on any atom is 0.266 e. The molecule has 1 amide bonds. The summed E-state index contributed by atoms with van der Waals surface area (Å²) in [6.45, 7) is 2.98. The lowest BCUT2D eigenvalue weighted by atomic mass is 10.2. The summed E-state index contributed by atoms with van der Waals surface area (Å²) in [5.41, 5.74) is 3.15. The molecular formula is C23H19BrClN3O2S. The largest absolute Gasteiger partial charge is 0.489 e. The summed E-state index contributed by atoms with van der Waals surface area (Å²) in [4.78, 5) is 13.2. The van der Waals surface area contributed by atoms with Crippen molar-refractivity contribution in [3.8, 4) is 5.75 Å². The normalized spacial score (nSPS) is 10.8. The molecule has 2 aromatic carbocycles. The topological polar surface area (TPSA) is 56.1 Å². The Kier molecular flexibility index (Phi) is 6.75. The Morgan fingerprint density at radius 2 is 2.00 bits per heavy atom. The van der Waals surface area contributed by atoms with Crippen LogP contribution in [-0.2, 0) is 13.2 Å². The number of amides is 1. The molecule has 4 rings (SSSR count). The second-order valence-corrected chi connectivity index (χ2v) is 9.26. The van der Waals surface area contributed by atoms with E-state index in [0.29, 0.717) is 28.9 Å². The molecule has 158 valence electrons. The summed E-state index contributed by atoms with van der Waals surface area (Å²) in [5, 5.41) is 9.51. The van der Waals surface area contributed by atoms with E-state index in [0.717, 1.165) is 26.9 Å². The molecule has 0 aliphatic heterocycles. The third kappa shape index (κ3) is 5.76. The van der Waals surface area contributed by atoms with E-state index in [9.17, 15) is 4.79 Å². The van der Waals surface area contributed by atoms with Crippen LogP contribution < -0.4 is 10.1 Å². The zero-order chi connectivity index (χ0) is 21.8. The molecule has 0 radical (unpaired) electrons. The molecule has 0 aliphatic carbocycles. The number of rotatable bonds is 7. The average molecular weight is 517 g/mol. The number of hydrogen-bond acceptors (Lipinski definition) is 4. The second kappa shape index (κ2) is 9.68. The minimum absolute atomic E-state index is 0.248. The van der Waals surface area contributed by atoms with E-state index >= 15 is 0 Å². The number of ether oxygens (including phenoxy) is 1.